The SMILES string of the molecule is CCCC/C(=C(/c1ccccc1)c1ccc(C(C)(C)C)cc1)C(F)(F)C(F)(F)C(F)(F)C(F)(F)F. The molecule has 0 aromatic heterocycles. The molecule has 2 aromatic carbocycles. The van der Waals surface area contributed by atoms with Crippen LogP contribution < -0.4 is 0 Å². The summed E-state index contributed by atoms with van der Waals surface area (Å²) in [4.78, 5) is 0. The quantitative estimate of drug-likeness (QED) is 0.310. The summed E-state index contributed by atoms with van der Waals surface area (Å²) in [5.41, 5.74) is -1.53. The number of hydrogen-bond donors (Lipinski definition) is 0. The first-order valence-corrected chi connectivity index (χ1v) is 11.0. The van der Waals surface area contributed by atoms with Crippen LogP contribution in [-0.4, -0.2) is 23.9 Å². The molecular weight excluding hydrogens is 483 g/mol. The van der Waals surface area contributed by atoms with Crippen molar-refractivity contribution in [1.82, 2.24) is 0 Å². The molecule has 0 fully saturated rings. The highest BCUT2D eigenvalue weighted by Gasteiger charge is 2.82. The van der Waals surface area contributed by atoms with E-state index in [4.69, 9.17) is 0 Å². The molecule has 0 unspecified atom stereocenters. The summed E-state index contributed by atoms with van der Waals surface area (Å²) in [7, 11) is 0. The fourth-order valence-corrected chi connectivity index (χ4v) is 3.61. The molecule has 0 bridgehead atoms. The number of unbranched alkanes of at least 4 members (excludes halogenated alkanes) is 1. The van der Waals surface area contributed by atoms with E-state index in [0.717, 1.165) is 5.56 Å². The molecular formula is C26H27F9. The molecule has 35 heavy (non-hydrogen) atoms. The Morgan fingerprint density at radius 1 is 0.657 bits per heavy atom. The second kappa shape index (κ2) is 9.90. The van der Waals surface area contributed by atoms with Crippen LogP contribution in [0.2, 0.25) is 0 Å². The van der Waals surface area contributed by atoms with Gasteiger partial charge in [0.15, 0.2) is 0 Å². The van der Waals surface area contributed by atoms with Crippen molar-refractivity contribution in [1.29, 1.82) is 0 Å². The van der Waals surface area contributed by atoms with Crippen molar-refractivity contribution in [3.05, 3.63) is 76.9 Å². The average Bonchev–Trinajstić information content (AvgIpc) is 2.75. The molecule has 0 atom stereocenters. The van der Waals surface area contributed by atoms with Crippen LogP contribution >= 0.6 is 0 Å². The number of alkyl halides is 9. The van der Waals surface area contributed by atoms with Gasteiger partial charge in [-0.15, -0.1) is 0 Å². The fourth-order valence-electron chi connectivity index (χ4n) is 3.61. The molecule has 0 nitrogen and oxygen atoms in total. The molecule has 0 aliphatic rings. The van der Waals surface area contributed by atoms with Gasteiger partial charge in [-0.1, -0.05) is 88.7 Å². The Labute approximate surface area is 198 Å². The van der Waals surface area contributed by atoms with Gasteiger partial charge in [0.1, 0.15) is 0 Å². The van der Waals surface area contributed by atoms with Crippen LogP contribution in [-0.2, 0) is 5.41 Å². The Morgan fingerprint density at radius 2 is 1.14 bits per heavy atom. The van der Waals surface area contributed by atoms with Crippen molar-refractivity contribution < 1.29 is 39.5 Å². The molecule has 0 spiro atoms. The van der Waals surface area contributed by atoms with Gasteiger partial charge in [0.25, 0.3) is 0 Å². The number of rotatable bonds is 8. The molecule has 0 N–H and O–H groups in total. The van der Waals surface area contributed by atoms with Gasteiger partial charge in [-0.2, -0.15) is 39.5 Å². The number of hydrogen-bond acceptors (Lipinski definition) is 0. The lowest BCUT2D eigenvalue weighted by atomic mass is 9.82. The van der Waals surface area contributed by atoms with Crippen LogP contribution in [0.15, 0.2) is 60.2 Å². The molecule has 9 heteroatoms. The van der Waals surface area contributed by atoms with Gasteiger partial charge in [-0.25, -0.2) is 0 Å². The van der Waals surface area contributed by atoms with E-state index in [2.05, 4.69) is 0 Å². The molecule has 0 aliphatic carbocycles. The zero-order chi connectivity index (χ0) is 26.9. The van der Waals surface area contributed by atoms with Crippen molar-refractivity contribution >= 4 is 5.57 Å². The monoisotopic (exact) mass is 510 g/mol. The van der Waals surface area contributed by atoms with Crippen LogP contribution in [0, 0.1) is 0 Å². The predicted molar refractivity (Wildman–Crippen MR) is 118 cm³/mol. The zero-order valence-corrected chi connectivity index (χ0v) is 19.7. The van der Waals surface area contributed by atoms with E-state index < -0.39 is 41.5 Å². The molecule has 0 aliphatic heterocycles. The van der Waals surface area contributed by atoms with E-state index in [0.29, 0.717) is 0 Å². The zero-order valence-electron chi connectivity index (χ0n) is 19.7. The molecule has 0 radical (unpaired) electrons. The van der Waals surface area contributed by atoms with E-state index in [1.54, 1.807) is 19.1 Å². The van der Waals surface area contributed by atoms with Crippen LogP contribution in [0.25, 0.3) is 5.57 Å². The highest BCUT2D eigenvalue weighted by molar-refractivity contribution is 5.83. The maximum Gasteiger partial charge on any atom is 0.460 e. The molecule has 0 heterocycles. The lowest BCUT2D eigenvalue weighted by Gasteiger charge is -2.36. The average molecular weight is 510 g/mol. The normalized spacial score (nSPS) is 14.7. The standard InChI is InChI=1S/C26H27F9/c1-5-6-12-20(23(27,28)24(29,30)25(31,32)26(33,34)35)21(17-10-8-7-9-11-17)18-13-15-19(16-14-18)22(2,3)4/h7-11,13-16H,5-6,12H2,1-4H3/b21-20+. The molecule has 194 valence electrons. The third kappa shape index (κ3) is 5.54. The highest BCUT2D eigenvalue weighted by Crippen LogP contribution is 2.57. The summed E-state index contributed by atoms with van der Waals surface area (Å²) in [5, 5.41) is 0. The van der Waals surface area contributed by atoms with Crippen LogP contribution in [0.3, 0.4) is 0 Å². The first-order chi connectivity index (χ1) is 15.9. The van der Waals surface area contributed by atoms with Crippen molar-refractivity contribution in [2.24, 2.45) is 0 Å². The van der Waals surface area contributed by atoms with Crippen molar-refractivity contribution in [3.8, 4) is 0 Å². The number of allylic oxidation sites excluding steroid dienone is 1. The predicted octanol–water partition coefficient (Wildman–Crippen LogP) is 9.44. The maximum atomic E-state index is 15.3. The van der Waals surface area contributed by atoms with E-state index in [1.165, 1.54) is 42.5 Å². The summed E-state index contributed by atoms with van der Waals surface area (Å²) in [6.07, 6.45) is -7.60. The lowest BCUT2D eigenvalue weighted by molar-refractivity contribution is -0.390. The third-order valence-electron chi connectivity index (χ3n) is 5.71. The van der Waals surface area contributed by atoms with E-state index in [9.17, 15) is 30.7 Å². The summed E-state index contributed by atoms with van der Waals surface area (Å²) in [6.45, 7) is 7.21. The van der Waals surface area contributed by atoms with Crippen LogP contribution in [0.5, 0.6) is 0 Å². The Hall–Kier alpha value is -2.45. The van der Waals surface area contributed by atoms with Crippen molar-refractivity contribution in [2.75, 3.05) is 0 Å². The van der Waals surface area contributed by atoms with E-state index >= 15 is 8.78 Å². The van der Waals surface area contributed by atoms with Gasteiger partial charge in [0, 0.05) is 5.57 Å². The minimum Gasteiger partial charge on any atom is -0.194 e. The Morgan fingerprint density at radius 3 is 1.57 bits per heavy atom. The summed E-state index contributed by atoms with van der Waals surface area (Å²) in [6, 6.07) is 12.9. The van der Waals surface area contributed by atoms with Gasteiger partial charge in [-0.05, 0) is 40.5 Å². The summed E-state index contributed by atoms with van der Waals surface area (Å²) in [5.74, 6) is -19.5. The summed E-state index contributed by atoms with van der Waals surface area (Å²) < 4.78 is 126. The fraction of sp³-hybridized carbons (Fsp3) is 0.462. The van der Waals surface area contributed by atoms with Gasteiger partial charge in [0.2, 0.25) is 0 Å². The van der Waals surface area contributed by atoms with Gasteiger partial charge < -0.3 is 0 Å². The Bertz CT molecular complexity index is 1010. The Kier molecular flexibility index (Phi) is 8.14. The third-order valence-corrected chi connectivity index (χ3v) is 5.71. The Balaban J connectivity index is 2.91. The van der Waals surface area contributed by atoms with Crippen molar-refractivity contribution in [3.63, 3.8) is 0 Å². The van der Waals surface area contributed by atoms with Crippen LogP contribution in [0.1, 0.15) is 63.6 Å². The molecule has 0 saturated carbocycles. The van der Waals surface area contributed by atoms with Gasteiger partial charge in [-0.3, -0.25) is 0 Å². The molecule has 2 aromatic rings. The smallest absolute Gasteiger partial charge is 0.194 e. The minimum atomic E-state index is -6.96. The number of benzene rings is 2. The van der Waals surface area contributed by atoms with Crippen molar-refractivity contribution in [2.45, 2.75) is 76.3 Å². The van der Waals surface area contributed by atoms with Gasteiger partial charge >= 0.3 is 23.9 Å². The first-order valence-electron chi connectivity index (χ1n) is 11.0. The maximum absolute atomic E-state index is 15.3. The molecule has 0 saturated heterocycles. The second-order valence-corrected chi connectivity index (χ2v) is 9.37. The number of halogens is 9. The van der Waals surface area contributed by atoms with E-state index in [1.807, 2.05) is 20.8 Å². The lowest BCUT2D eigenvalue weighted by Crippen LogP contribution is -2.61. The first kappa shape index (κ1) is 28.8. The van der Waals surface area contributed by atoms with Crippen LogP contribution in [0.4, 0.5) is 39.5 Å². The second-order valence-electron chi connectivity index (χ2n) is 9.37. The topological polar surface area (TPSA) is 0 Å². The molecule has 2 rings (SSSR count). The summed E-state index contributed by atoms with van der Waals surface area (Å²) >= 11 is 0. The minimum absolute atomic E-state index is 0.00102. The van der Waals surface area contributed by atoms with E-state index in [-0.39, 0.29) is 29.4 Å². The highest BCUT2D eigenvalue weighted by atomic mass is 19.4. The van der Waals surface area contributed by atoms with Gasteiger partial charge in [0.05, 0.1) is 0 Å². The largest absolute Gasteiger partial charge is 0.460 e. The molecule has 0 amide bonds.